The first-order valence-electron chi connectivity index (χ1n) is 8.27. The van der Waals surface area contributed by atoms with Gasteiger partial charge in [0.05, 0.1) is 18.8 Å². The van der Waals surface area contributed by atoms with Crippen LogP contribution in [0.2, 0.25) is 0 Å². The Balaban J connectivity index is 1.51. The van der Waals surface area contributed by atoms with Gasteiger partial charge in [-0.05, 0) is 24.1 Å². The fraction of sp³-hybridized carbons (Fsp3) is 0.500. The van der Waals surface area contributed by atoms with Gasteiger partial charge in [0.1, 0.15) is 5.82 Å². The molecule has 0 saturated carbocycles. The Hall–Kier alpha value is -1.76. The van der Waals surface area contributed by atoms with Gasteiger partial charge in [-0.1, -0.05) is 24.3 Å². The van der Waals surface area contributed by atoms with Gasteiger partial charge in [0.15, 0.2) is 0 Å². The summed E-state index contributed by atoms with van der Waals surface area (Å²) < 4.78 is 18.9. The molecule has 2 saturated heterocycles. The third-order valence-electron chi connectivity index (χ3n) is 4.63. The summed E-state index contributed by atoms with van der Waals surface area (Å²) in [5.74, 6) is -1.02. The molecule has 1 aromatic rings. The number of hydrogen-bond acceptors (Lipinski definition) is 4. The molecule has 1 spiro atoms. The maximum Gasteiger partial charge on any atom is 0.317 e. The third kappa shape index (κ3) is 4.41. The molecular weight excluding hydrogens is 311 g/mol. The van der Waals surface area contributed by atoms with Gasteiger partial charge in [-0.3, -0.25) is 14.6 Å². The van der Waals surface area contributed by atoms with E-state index in [1.54, 1.807) is 12.1 Å². The zero-order chi connectivity index (χ0) is 17.0. The Bertz CT molecular complexity index is 605. The van der Waals surface area contributed by atoms with E-state index in [0.717, 1.165) is 31.6 Å². The highest BCUT2D eigenvalue weighted by molar-refractivity contribution is 5.69. The van der Waals surface area contributed by atoms with Gasteiger partial charge in [-0.15, -0.1) is 0 Å². The maximum absolute atomic E-state index is 12.9. The number of carbonyl (C=O) groups is 1. The van der Waals surface area contributed by atoms with Gasteiger partial charge in [0, 0.05) is 32.7 Å². The quantitative estimate of drug-likeness (QED) is 0.888. The second-order valence-corrected chi connectivity index (χ2v) is 6.57. The number of benzene rings is 1. The average molecular weight is 334 g/mol. The van der Waals surface area contributed by atoms with Crippen LogP contribution in [0.15, 0.2) is 30.3 Å². The minimum absolute atomic E-state index is 0.0789. The van der Waals surface area contributed by atoms with E-state index < -0.39 is 5.97 Å². The minimum atomic E-state index is -0.788. The Morgan fingerprint density at radius 1 is 1.25 bits per heavy atom. The Kier molecular flexibility index (Phi) is 5.28. The third-order valence-corrected chi connectivity index (χ3v) is 4.63. The smallest absolute Gasteiger partial charge is 0.317 e. The topological polar surface area (TPSA) is 53.0 Å². The maximum atomic E-state index is 12.9. The lowest BCUT2D eigenvalue weighted by atomic mass is 10.0. The van der Waals surface area contributed by atoms with Gasteiger partial charge in [-0.25, -0.2) is 4.39 Å². The molecular formula is C18H23FN2O3. The van der Waals surface area contributed by atoms with E-state index in [0.29, 0.717) is 19.7 Å². The molecule has 5 nitrogen and oxygen atoms in total. The predicted octanol–water partition coefficient (Wildman–Crippen LogP) is 1.70. The normalized spacial score (nSPS) is 25.7. The number of morpholine rings is 1. The van der Waals surface area contributed by atoms with Gasteiger partial charge in [0.25, 0.3) is 0 Å². The molecule has 1 N–H and O–H groups in total. The number of rotatable bonds is 5. The average Bonchev–Trinajstić information content (AvgIpc) is 2.91. The first kappa shape index (κ1) is 17.1. The molecule has 0 radical (unpaired) electrons. The summed E-state index contributed by atoms with van der Waals surface area (Å²) in [5.41, 5.74) is 0.740. The first-order valence-corrected chi connectivity index (χ1v) is 8.27. The van der Waals surface area contributed by atoms with Crippen LogP contribution in [-0.2, 0) is 9.53 Å². The SMILES string of the molecule is O=C(O)CN1CCOC2(CCN(C/C=C/c3ccc(F)cc3)C2)C1. The van der Waals surface area contributed by atoms with Crippen LogP contribution in [0.3, 0.4) is 0 Å². The van der Waals surface area contributed by atoms with Crippen LogP contribution in [-0.4, -0.2) is 72.4 Å². The van der Waals surface area contributed by atoms with Crippen LogP contribution >= 0.6 is 0 Å². The predicted molar refractivity (Wildman–Crippen MR) is 89.2 cm³/mol. The molecule has 2 aliphatic rings. The van der Waals surface area contributed by atoms with Crippen molar-refractivity contribution in [2.75, 3.05) is 45.9 Å². The molecule has 2 fully saturated rings. The minimum Gasteiger partial charge on any atom is -0.480 e. The fourth-order valence-electron chi connectivity index (χ4n) is 3.49. The summed E-state index contributed by atoms with van der Waals surface area (Å²) >= 11 is 0. The Morgan fingerprint density at radius 3 is 2.75 bits per heavy atom. The van der Waals surface area contributed by atoms with Crippen molar-refractivity contribution in [3.63, 3.8) is 0 Å². The summed E-state index contributed by atoms with van der Waals surface area (Å²) in [5, 5.41) is 8.96. The van der Waals surface area contributed by atoms with Crippen molar-refractivity contribution in [2.24, 2.45) is 0 Å². The standard InChI is InChI=1S/C18H23FN2O3/c19-16-5-3-15(4-6-16)2-1-8-20-9-7-18(13-20)14-21(10-11-24-18)12-17(22)23/h1-6H,7-14H2,(H,22,23)/b2-1+. The number of nitrogens with zero attached hydrogens (tertiary/aromatic N) is 2. The van der Waals surface area contributed by atoms with Crippen molar-refractivity contribution in [1.29, 1.82) is 0 Å². The number of ether oxygens (including phenoxy) is 1. The Labute approximate surface area is 141 Å². The zero-order valence-electron chi connectivity index (χ0n) is 13.7. The van der Waals surface area contributed by atoms with E-state index in [1.807, 2.05) is 11.0 Å². The second-order valence-electron chi connectivity index (χ2n) is 6.57. The van der Waals surface area contributed by atoms with Gasteiger partial charge < -0.3 is 9.84 Å². The molecule has 1 aromatic carbocycles. The monoisotopic (exact) mass is 334 g/mol. The van der Waals surface area contributed by atoms with Gasteiger partial charge in [-0.2, -0.15) is 0 Å². The molecule has 1 atom stereocenters. The van der Waals surface area contributed by atoms with E-state index in [1.165, 1.54) is 12.1 Å². The summed E-state index contributed by atoms with van der Waals surface area (Å²) in [6.45, 7) is 4.59. The van der Waals surface area contributed by atoms with Crippen LogP contribution in [0, 0.1) is 5.82 Å². The van der Waals surface area contributed by atoms with Gasteiger partial charge in [0.2, 0.25) is 0 Å². The van der Waals surface area contributed by atoms with E-state index in [9.17, 15) is 9.18 Å². The highest BCUT2D eigenvalue weighted by atomic mass is 19.1. The highest BCUT2D eigenvalue weighted by Gasteiger charge is 2.42. The summed E-state index contributed by atoms with van der Waals surface area (Å²) in [7, 11) is 0. The largest absolute Gasteiger partial charge is 0.480 e. The molecule has 0 aromatic heterocycles. The molecule has 2 heterocycles. The fourth-order valence-corrected chi connectivity index (χ4v) is 3.49. The molecule has 1 unspecified atom stereocenters. The van der Waals surface area contributed by atoms with Crippen LogP contribution in [0.25, 0.3) is 6.08 Å². The molecule has 3 rings (SSSR count). The van der Waals surface area contributed by atoms with Crippen LogP contribution in [0.5, 0.6) is 0 Å². The van der Waals surface area contributed by atoms with E-state index in [4.69, 9.17) is 9.84 Å². The number of carboxylic acid groups (broad SMARTS) is 1. The molecule has 130 valence electrons. The van der Waals surface area contributed by atoms with Crippen molar-refractivity contribution in [3.05, 3.63) is 41.7 Å². The molecule has 24 heavy (non-hydrogen) atoms. The number of likely N-dealkylation sites (tertiary alicyclic amines) is 1. The highest BCUT2D eigenvalue weighted by Crippen LogP contribution is 2.29. The molecule has 2 aliphatic heterocycles. The van der Waals surface area contributed by atoms with E-state index in [2.05, 4.69) is 11.0 Å². The lowest BCUT2D eigenvalue weighted by Gasteiger charge is -2.39. The zero-order valence-corrected chi connectivity index (χ0v) is 13.7. The van der Waals surface area contributed by atoms with E-state index >= 15 is 0 Å². The molecule has 0 aliphatic carbocycles. The molecule has 0 bridgehead atoms. The van der Waals surface area contributed by atoms with Crippen LogP contribution < -0.4 is 0 Å². The van der Waals surface area contributed by atoms with Crippen LogP contribution in [0.1, 0.15) is 12.0 Å². The van der Waals surface area contributed by atoms with Crippen molar-refractivity contribution < 1.29 is 19.0 Å². The van der Waals surface area contributed by atoms with Crippen molar-refractivity contribution in [1.82, 2.24) is 9.80 Å². The van der Waals surface area contributed by atoms with Crippen molar-refractivity contribution in [3.8, 4) is 0 Å². The second kappa shape index (κ2) is 7.42. The van der Waals surface area contributed by atoms with Crippen LogP contribution in [0.4, 0.5) is 4.39 Å². The molecule has 6 heteroatoms. The number of hydrogen-bond donors (Lipinski definition) is 1. The summed E-state index contributed by atoms with van der Waals surface area (Å²) in [4.78, 5) is 15.2. The summed E-state index contributed by atoms with van der Waals surface area (Å²) in [6, 6.07) is 6.42. The van der Waals surface area contributed by atoms with E-state index in [-0.39, 0.29) is 18.0 Å². The molecule has 0 amide bonds. The first-order chi connectivity index (χ1) is 11.5. The Morgan fingerprint density at radius 2 is 2.00 bits per heavy atom. The van der Waals surface area contributed by atoms with Crippen molar-refractivity contribution >= 4 is 12.0 Å². The number of aliphatic carboxylic acids is 1. The lowest BCUT2D eigenvalue weighted by molar-refractivity contribution is -0.144. The summed E-state index contributed by atoms with van der Waals surface area (Å²) in [6.07, 6.45) is 4.99. The number of halogens is 1. The van der Waals surface area contributed by atoms with Crippen molar-refractivity contribution in [2.45, 2.75) is 12.0 Å². The lowest BCUT2D eigenvalue weighted by Crippen LogP contribution is -2.54. The number of carboxylic acids is 1. The van der Waals surface area contributed by atoms with Gasteiger partial charge >= 0.3 is 5.97 Å².